The zero-order valence-electron chi connectivity index (χ0n) is 17.9. The molecule has 2 aromatic carbocycles. The maximum Gasteiger partial charge on any atom is 0.309 e. The summed E-state index contributed by atoms with van der Waals surface area (Å²) in [6.07, 6.45) is 0.643. The van der Waals surface area contributed by atoms with Crippen LogP contribution in [0.15, 0.2) is 59.5 Å². The Labute approximate surface area is 192 Å². The van der Waals surface area contributed by atoms with Crippen LogP contribution in [0, 0.1) is 23.1 Å². The zero-order chi connectivity index (χ0) is 23.8. The molecule has 1 saturated heterocycles. The van der Waals surface area contributed by atoms with E-state index in [0.717, 1.165) is 12.1 Å². The molecule has 3 rings (SSSR count). The highest BCUT2D eigenvalue weighted by molar-refractivity contribution is 7.89. The summed E-state index contributed by atoms with van der Waals surface area (Å²) in [6.45, 7) is -0.0543. The molecule has 2 aromatic rings. The van der Waals surface area contributed by atoms with Crippen molar-refractivity contribution < 1.29 is 27.1 Å². The lowest BCUT2D eigenvalue weighted by atomic mass is 9.98. The predicted molar refractivity (Wildman–Crippen MR) is 118 cm³/mol. The number of nitriles is 1. The summed E-state index contributed by atoms with van der Waals surface area (Å²) in [4.78, 5) is 26.5. The molecule has 0 N–H and O–H groups in total. The SMILES string of the molecule is N#CCCN(C(=O)COC(=O)C1CCN(S(=O)(=O)c2ccc(F)cc2)CC1)c1ccccc1. The van der Waals surface area contributed by atoms with Gasteiger partial charge in [0.15, 0.2) is 6.61 Å². The molecule has 0 bridgehead atoms. The third kappa shape index (κ3) is 6.15. The monoisotopic (exact) mass is 473 g/mol. The summed E-state index contributed by atoms with van der Waals surface area (Å²) in [6, 6.07) is 15.4. The molecule has 1 heterocycles. The number of benzene rings is 2. The molecular formula is C23H24FN3O5S. The van der Waals surface area contributed by atoms with Crippen LogP contribution < -0.4 is 4.90 Å². The number of esters is 1. The quantitative estimate of drug-likeness (QED) is 0.546. The molecule has 1 amide bonds. The molecule has 1 aliphatic heterocycles. The van der Waals surface area contributed by atoms with Crippen LogP contribution in [0.3, 0.4) is 0 Å². The van der Waals surface area contributed by atoms with Crippen LogP contribution >= 0.6 is 0 Å². The minimum atomic E-state index is -3.78. The van der Waals surface area contributed by atoms with Gasteiger partial charge in [0.25, 0.3) is 5.91 Å². The first kappa shape index (κ1) is 24.4. The van der Waals surface area contributed by atoms with Gasteiger partial charge in [-0.2, -0.15) is 9.57 Å². The number of piperidine rings is 1. The van der Waals surface area contributed by atoms with Crippen LogP contribution in [0.2, 0.25) is 0 Å². The molecule has 1 fully saturated rings. The van der Waals surface area contributed by atoms with Crippen molar-refractivity contribution in [2.75, 3.05) is 31.1 Å². The van der Waals surface area contributed by atoms with Gasteiger partial charge in [-0.05, 0) is 49.2 Å². The summed E-state index contributed by atoms with van der Waals surface area (Å²) < 4.78 is 45.0. The van der Waals surface area contributed by atoms with Crippen LogP contribution in [0.25, 0.3) is 0 Å². The molecule has 0 aliphatic carbocycles. The Morgan fingerprint density at radius 1 is 1.09 bits per heavy atom. The Morgan fingerprint density at radius 2 is 1.73 bits per heavy atom. The van der Waals surface area contributed by atoms with Gasteiger partial charge < -0.3 is 9.64 Å². The molecule has 1 aliphatic rings. The van der Waals surface area contributed by atoms with Gasteiger partial charge in [-0.25, -0.2) is 12.8 Å². The summed E-state index contributed by atoms with van der Waals surface area (Å²) in [7, 11) is -3.78. The van der Waals surface area contributed by atoms with Gasteiger partial charge in [0.1, 0.15) is 5.82 Å². The first-order chi connectivity index (χ1) is 15.8. The summed E-state index contributed by atoms with van der Waals surface area (Å²) in [5, 5.41) is 8.86. The Kier molecular flexibility index (Phi) is 8.14. The van der Waals surface area contributed by atoms with Gasteiger partial charge in [0.2, 0.25) is 10.0 Å². The first-order valence-electron chi connectivity index (χ1n) is 10.5. The van der Waals surface area contributed by atoms with E-state index in [4.69, 9.17) is 10.00 Å². The number of amides is 1. The lowest BCUT2D eigenvalue weighted by Gasteiger charge is -2.30. The third-order valence-electron chi connectivity index (χ3n) is 5.39. The molecule has 0 saturated carbocycles. The maximum atomic E-state index is 13.1. The van der Waals surface area contributed by atoms with E-state index in [2.05, 4.69) is 0 Å². The molecule has 8 nitrogen and oxygen atoms in total. The molecule has 0 atom stereocenters. The van der Waals surface area contributed by atoms with Crippen molar-refractivity contribution in [3.05, 3.63) is 60.4 Å². The fraction of sp³-hybridized carbons (Fsp3) is 0.348. The van der Waals surface area contributed by atoms with E-state index in [1.54, 1.807) is 30.3 Å². The number of sulfonamides is 1. The molecule has 33 heavy (non-hydrogen) atoms. The minimum Gasteiger partial charge on any atom is -0.455 e. The van der Waals surface area contributed by atoms with Gasteiger partial charge in [-0.1, -0.05) is 18.2 Å². The molecule has 174 valence electrons. The van der Waals surface area contributed by atoms with Crippen LogP contribution in [0.5, 0.6) is 0 Å². The average molecular weight is 474 g/mol. The van der Waals surface area contributed by atoms with Crippen LogP contribution in [0.4, 0.5) is 10.1 Å². The van der Waals surface area contributed by atoms with Crippen LogP contribution in [-0.4, -0.2) is 50.8 Å². The number of halogens is 1. The van der Waals surface area contributed by atoms with E-state index in [1.165, 1.54) is 21.3 Å². The highest BCUT2D eigenvalue weighted by atomic mass is 32.2. The van der Waals surface area contributed by atoms with E-state index in [1.807, 2.05) is 6.07 Å². The summed E-state index contributed by atoms with van der Waals surface area (Å²) >= 11 is 0. The van der Waals surface area contributed by atoms with Gasteiger partial charge in [0.05, 0.1) is 23.3 Å². The molecule has 0 aromatic heterocycles. The Balaban J connectivity index is 1.54. The predicted octanol–water partition coefficient (Wildman–Crippen LogP) is 2.72. The van der Waals surface area contributed by atoms with E-state index < -0.39 is 40.2 Å². The Hall–Kier alpha value is -3.29. The number of hydrogen-bond donors (Lipinski definition) is 0. The van der Waals surface area contributed by atoms with Crippen molar-refractivity contribution in [1.82, 2.24) is 4.31 Å². The van der Waals surface area contributed by atoms with E-state index in [-0.39, 0.29) is 43.8 Å². The molecule has 0 spiro atoms. The highest BCUT2D eigenvalue weighted by Gasteiger charge is 2.33. The van der Waals surface area contributed by atoms with Gasteiger partial charge in [-0.3, -0.25) is 9.59 Å². The normalized spacial score (nSPS) is 14.9. The van der Waals surface area contributed by atoms with Crippen molar-refractivity contribution in [3.8, 4) is 6.07 Å². The van der Waals surface area contributed by atoms with E-state index in [0.29, 0.717) is 5.69 Å². The van der Waals surface area contributed by atoms with E-state index in [9.17, 15) is 22.4 Å². The van der Waals surface area contributed by atoms with Crippen molar-refractivity contribution in [1.29, 1.82) is 5.26 Å². The largest absolute Gasteiger partial charge is 0.455 e. The van der Waals surface area contributed by atoms with Gasteiger partial charge in [-0.15, -0.1) is 0 Å². The Morgan fingerprint density at radius 3 is 2.33 bits per heavy atom. The number of hydrogen-bond acceptors (Lipinski definition) is 6. The second-order valence-corrected chi connectivity index (χ2v) is 9.47. The minimum absolute atomic E-state index is 0.00565. The lowest BCUT2D eigenvalue weighted by molar-refractivity contribution is -0.153. The van der Waals surface area contributed by atoms with Gasteiger partial charge in [0, 0.05) is 25.3 Å². The molecule has 10 heteroatoms. The Bertz CT molecular complexity index is 1110. The topological polar surface area (TPSA) is 108 Å². The van der Waals surface area contributed by atoms with Crippen molar-refractivity contribution in [2.24, 2.45) is 5.92 Å². The van der Waals surface area contributed by atoms with Crippen molar-refractivity contribution in [3.63, 3.8) is 0 Å². The standard InChI is InChI=1S/C23H24FN3O5S/c24-19-7-9-21(10-8-19)33(30,31)26-15-11-18(12-16-26)23(29)32-17-22(28)27(14-4-13-25)20-5-2-1-3-6-20/h1-3,5-10,18H,4,11-12,14-17H2. The van der Waals surface area contributed by atoms with Crippen LogP contribution in [-0.2, 0) is 24.3 Å². The van der Waals surface area contributed by atoms with Crippen molar-refractivity contribution in [2.45, 2.75) is 24.2 Å². The number of rotatable bonds is 8. The third-order valence-corrected chi connectivity index (χ3v) is 7.31. The maximum absolute atomic E-state index is 13.1. The lowest BCUT2D eigenvalue weighted by Crippen LogP contribution is -2.41. The average Bonchev–Trinajstić information content (AvgIpc) is 2.84. The van der Waals surface area contributed by atoms with Crippen LogP contribution in [0.1, 0.15) is 19.3 Å². The number of carbonyl (C=O) groups excluding carboxylic acids is 2. The number of ether oxygens (including phenoxy) is 1. The number of nitrogens with zero attached hydrogens (tertiary/aromatic N) is 3. The first-order valence-corrected chi connectivity index (χ1v) is 11.9. The smallest absolute Gasteiger partial charge is 0.309 e. The number of para-hydroxylation sites is 1. The summed E-state index contributed by atoms with van der Waals surface area (Å²) in [5.41, 5.74) is 0.605. The highest BCUT2D eigenvalue weighted by Crippen LogP contribution is 2.25. The fourth-order valence-corrected chi connectivity index (χ4v) is 5.05. The zero-order valence-corrected chi connectivity index (χ0v) is 18.7. The second kappa shape index (κ2) is 11.0. The fourth-order valence-electron chi connectivity index (χ4n) is 3.58. The molecule has 0 radical (unpaired) electrons. The molecule has 0 unspecified atom stereocenters. The molecular weight excluding hydrogens is 449 g/mol. The van der Waals surface area contributed by atoms with E-state index >= 15 is 0 Å². The number of carbonyl (C=O) groups is 2. The summed E-state index contributed by atoms with van der Waals surface area (Å²) in [5.74, 6) is -2.05. The second-order valence-electron chi connectivity index (χ2n) is 7.53. The van der Waals surface area contributed by atoms with Crippen molar-refractivity contribution >= 4 is 27.6 Å². The van der Waals surface area contributed by atoms with Gasteiger partial charge >= 0.3 is 5.97 Å². The number of anilines is 1.